The maximum absolute atomic E-state index is 12.4. The second kappa shape index (κ2) is 10.9. The lowest BCUT2D eigenvalue weighted by molar-refractivity contribution is -0.116. The highest BCUT2D eigenvalue weighted by atomic mass is 16.5. The molecule has 4 rings (SSSR count). The molecule has 0 aliphatic heterocycles. The van der Waals surface area contributed by atoms with Crippen LogP contribution in [0.5, 0.6) is 5.75 Å². The Balaban J connectivity index is 1.32. The summed E-state index contributed by atoms with van der Waals surface area (Å²) in [6.07, 6.45) is 2.22. The van der Waals surface area contributed by atoms with Crippen LogP contribution in [0.25, 0.3) is 10.8 Å². The minimum atomic E-state index is -1.18. The van der Waals surface area contributed by atoms with Gasteiger partial charge in [0.2, 0.25) is 5.91 Å². The van der Waals surface area contributed by atoms with Gasteiger partial charge < -0.3 is 15.2 Å². The summed E-state index contributed by atoms with van der Waals surface area (Å²) in [7, 11) is 0. The summed E-state index contributed by atoms with van der Waals surface area (Å²) in [5, 5.41) is 14.3. The molecule has 0 saturated heterocycles. The topological polar surface area (TPSA) is 109 Å². The molecule has 1 aromatic heterocycles. The molecular weight excluding hydrogens is 446 g/mol. The maximum atomic E-state index is 12.4. The fourth-order valence-electron chi connectivity index (χ4n) is 3.51. The smallest absolute Gasteiger partial charge is 0.411 e. The van der Waals surface area contributed by atoms with E-state index in [1.54, 1.807) is 67.0 Å². The van der Waals surface area contributed by atoms with Crippen LogP contribution >= 0.6 is 0 Å². The van der Waals surface area contributed by atoms with E-state index < -0.39 is 6.09 Å². The minimum absolute atomic E-state index is 0.0225. The highest BCUT2D eigenvalue weighted by molar-refractivity contribution is 5.97. The van der Waals surface area contributed by atoms with Crippen LogP contribution in [0.3, 0.4) is 0 Å². The van der Waals surface area contributed by atoms with Gasteiger partial charge in [-0.05, 0) is 47.9 Å². The predicted octanol–water partition coefficient (Wildman–Crippen LogP) is 5.01. The number of hydrogen-bond donors (Lipinski definition) is 2. The second-order valence-electron chi connectivity index (χ2n) is 7.74. The largest absolute Gasteiger partial charge is 0.485 e. The van der Waals surface area contributed by atoms with Crippen molar-refractivity contribution in [3.8, 4) is 5.75 Å². The maximum Gasteiger partial charge on any atom is 0.411 e. The van der Waals surface area contributed by atoms with Crippen molar-refractivity contribution in [2.24, 2.45) is 0 Å². The summed E-state index contributed by atoms with van der Waals surface area (Å²) in [5.74, 6) is -0.0208. The molecule has 0 saturated carbocycles. The molecule has 176 valence electrons. The lowest BCUT2D eigenvalue weighted by atomic mass is 10.1. The Kier molecular flexibility index (Phi) is 7.32. The molecule has 1 heterocycles. The molecular formula is C27H23N3O5. The van der Waals surface area contributed by atoms with Crippen molar-refractivity contribution in [1.29, 1.82) is 0 Å². The van der Waals surface area contributed by atoms with Gasteiger partial charge in [-0.25, -0.2) is 4.79 Å². The van der Waals surface area contributed by atoms with Gasteiger partial charge in [-0.3, -0.25) is 19.5 Å². The first-order valence-electron chi connectivity index (χ1n) is 10.9. The number of nitrogens with zero attached hydrogens (tertiary/aromatic N) is 2. The van der Waals surface area contributed by atoms with Gasteiger partial charge in [-0.2, -0.15) is 0 Å². The first-order valence-corrected chi connectivity index (χ1v) is 10.9. The molecule has 0 spiro atoms. The molecule has 2 N–H and O–H groups in total. The molecule has 3 aromatic carbocycles. The highest BCUT2D eigenvalue weighted by Gasteiger charge is 2.16. The second-order valence-corrected chi connectivity index (χ2v) is 7.74. The lowest BCUT2D eigenvalue weighted by Gasteiger charge is -2.19. The predicted molar refractivity (Wildman–Crippen MR) is 133 cm³/mol. The van der Waals surface area contributed by atoms with Crippen molar-refractivity contribution in [2.45, 2.75) is 6.42 Å². The van der Waals surface area contributed by atoms with E-state index in [1.807, 2.05) is 24.3 Å². The Bertz CT molecular complexity index is 1340. The van der Waals surface area contributed by atoms with Crippen molar-refractivity contribution in [1.82, 2.24) is 4.98 Å². The molecule has 8 nitrogen and oxygen atoms in total. The van der Waals surface area contributed by atoms with Crippen molar-refractivity contribution in [2.75, 3.05) is 23.4 Å². The Morgan fingerprint density at radius 3 is 2.43 bits per heavy atom. The number of hydrogen-bond acceptors (Lipinski definition) is 5. The average Bonchev–Trinajstić information content (AvgIpc) is 2.88. The van der Waals surface area contributed by atoms with Crippen LogP contribution in [0.1, 0.15) is 16.8 Å². The molecule has 0 aliphatic carbocycles. The summed E-state index contributed by atoms with van der Waals surface area (Å²) in [6.45, 7) is -0.150. The number of Topliss-reactive ketones (excluding diaryl/α,β-unsaturated/α-hetero) is 1. The fourth-order valence-corrected chi connectivity index (χ4v) is 3.51. The molecule has 35 heavy (non-hydrogen) atoms. The number of ether oxygens (including phenoxy) is 1. The van der Waals surface area contributed by atoms with Gasteiger partial charge in [-0.15, -0.1) is 0 Å². The fraction of sp³-hybridized carbons (Fsp3) is 0.111. The van der Waals surface area contributed by atoms with E-state index in [4.69, 9.17) is 4.74 Å². The molecule has 0 bridgehead atoms. The van der Waals surface area contributed by atoms with E-state index >= 15 is 0 Å². The first-order chi connectivity index (χ1) is 17.0. The van der Waals surface area contributed by atoms with Crippen LogP contribution in [0.15, 0.2) is 91.3 Å². The van der Waals surface area contributed by atoms with E-state index in [9.17, 15) is 19.5 Å². The SMILES string of the molecule is O=C(CCN(C(=O)O)c1ccc(OCC(=O)c2ccccc2)cc1)Nc1ccc2cnccc2c1. The number of benzene rings is 3. The molecule has 0 fully saturated rings. The standard InChI is InChI=1S/C27H23N3O5/c31-25(19-4-2-1-3-5-19)18-35-24-10-8-23(9-11-24)30(27(33)34)15-13-26(32)29-22-7-6-21-17-28-14-12-20(21)16-22/h1-12,14,16-17H,13,15,18H2,(H,29,32)(H,33,34). The van der Waals surface area contributed by atoms with E-state index in [1.165, 1.54) is 0 Å². The van der Waals surface area contributed by atoms with Crippen molar-refractivity contribution in [3.05, 3.63) is 96.8 Å². The normalized spacial score (nSPS) is 10.5. The number of carbonyl (C=O) groups is 3. The Morgan fingerprint density at radius 1 is 0.914 bits per heavy atom. The number of ketones is 1. The Morgan fingerprint density at radius 2 is 1.69 bits per heavy atom. The highest BCUT2D eigenvalue weighted by Crippen LogP contribution is 2.21. The average molecular weight is 469 g/mol. The molecule has 4 aromatic rings. The van der Waals surface area contributed by atoms with E-state index in [-0.39, 0.29) is 31.3 Å². The van der Waals surface area contributed by atoms with Crippen molar-refractivity contribution >= 4 is 39.9 Å². The first kappa shape index (κ1) is 23.4. The molecule has 2 amide bonds. The zero-order valence-electron chi connectivity index (χ0n) is 18.8. The zero-order valence-corrected chi connectivity index (χ0v) is 18.8. The van der Waals surface area contributed by atoms with Crippen LogP contribution in [0, 0.1) is 0 Å². The molecule has 8 heteroatoms. The van der Waals surface area contributed by atoms with E-state index in [2.05, 4.69) is 10.3 Å². The lowest BCUT2D eigenvalue weighted by Crippen LogP contribution is -2.32. The zero-order chi connectivity index (χ0) is 24.6. The summed E-state index contributed by atoms with van der Waals surface area (Å²) in [4.78, 5) is 41.5. The van der Waals surface area contributed by atoms with Gasteiger partial charge in [0.25, 0.3) is 0 Å². The van der Waals surface area contributed by atoms with Crippen LogP contribution in [-0.4, -0.2) is 41.0 Å². The Hall–Kier alpha value is -4.72. The third kappa shape index (κ3) is 6.20. The van der Waals surface area contributed by atoms with Gasteiger partial charge in [0.05, 0.1) is 0 Å². The van der Waals surface area contributed by atoms with Crippen LogP contribution in [0.4, 0.5) is 16.2 Å². The monoisotopic (exact) mass is 469 g/mol. The number of rotatable bonds is 9. The molecule has 0 unspecified atom stereocenters. The van der Waals surface area contributed by atoms with Crippen molar-refractivity contribution in [3.63, 3.8) is 0 Å². The summed E-state index contributed by atoms with van der Waals surface area (Å²) >= 11 is 0. The molecule has 0 aliphatic rings. The summed E-state index contributed by atoms with van der Waals surface area (Å²) in [6, 6.07) is 22.5. The Labute approximate surface area is 201 Å². The number of amides is 2. The number of fused-ring (bicyclic) bond motifs is 1. The van der Waals surface area contributed by atoms with Gasteiger partial charge >= 0.3 is 6.09 Å². The molecule has 0 atom stereocenters. The number of carbonyl (C=O) groups excluding carboxylic acids is 2. The number of anilines is 2. The third-order valence-electron chi connectivity index (χ3n) is 5.33. The summed E-state index contributed by atoms with van der Waals surface area (Å²) in [5.41, 5.74) is 1.58. The van der Waals surface area contributed by atoms with Gasteiger partial charge in [-0.1, -0.05) is 36.4 Å². The van der Waals surface area contributed by atoms with Crippen LogP contribution in [-0.2, 0) is 4.79 Å². The number of pyridine rings is 1. The number of aromatic nitrogens is 1. The molecule has 0 radical (unpaired) electrons. The third-order valence-corrected chi connectivity index (χ3v) is 5.33. The van der Waals surface area contributed by atoms with Crippen LogP contribution in [0.2, 0.25) is 0 Å². The van der Waals surface area contributed by atoms with Gasteiger partial charge in [0.15, 0.2) is 12.4 Å². The summed E-state index contributed by atoms with van der Waals surface area (Å²) < 4.78 is 5.53. The van der Waals surface area contributed by atoms with Crippen LogP contribution < -0.4 is 15.0 Å². The quantitative estimate of drug-likeness (QED) is 0.334. The van der Waals surface area contributed by atoms with Crippen molar-refractivity contribution < 1.29 is 24.2 Å². The van der Waals surface area contributed by atoms with Gasteiger partial charge in [0, 0.05) is 47.7 Å². The number of nitrogens with one attached hydrogen (secondary N) is 1. The minimum Gasteiger partial charge on any atom is -0.485 e. The van der Waals surface area contributed by atoms with Gasteiger partial charge in [0.1, 0.15) is 5.75 Å². The van der Waals surface area contributed by atoms with E-state index in [0.29, 0.717) is 22.7 Å². The number of carboxylic acid groups (broad SMARTS) is 1. The van der Waals surface area contributed by atoms with E-state index in [0.717, 1.165) is 15.7 Å².